The van der Waals surface area contributed by atoms with Gasteiger partial charge in [0.2, 0.25) is 17.9 Å². The van der Waals surface area contributed by atoms with Gasteiger partial charge in [-0.2, -0.15) is 0 Å². The predicted octanol–water partition coefficient (Wildman–Crippen LogP) is 2.26. The largest absolute Gasteiger partial charge is 0.454 e. The Labute approximate surface area is 157 Å². The number of fused-ring (bicyclic) bond motifs is 1. The van der Waals surface area contributed by atoms with Gasteiger partial charge in [0.15, 0.2) is 17.3 Å². The first-order valence-electron chi connectivity index (χ1n) is 7.89. The van der Waals surface area contributed by atoms with E-state index in [1.165, 1.54) is 16.8 Å². The lowest BCUT2D eigenvalue weighted by molar-refractivity contribution is -0.113. The third-order valence-electron chi connectivity index (χ3n) is 3.76. The molecule has 1 aliphatic rings. The highest BCUT2D eigenvalue weighted by Crippen LogP contribution is 2.34. The zero-order valence-corrected chi connectivity index (χ0v) is 14.7. The summed E-state index contributed by atoms with van der Waals surface area (Å²) in [6.07, 6.45) is 0. The van der Waals surface area contributed by atoms with Gasteiger partial charge in [0.1, 0.15) is 5.82 Å². The number of aromatic nitrogens is 3. The molecule has 27 heavy (non-hydrogen) atoms. The molecule has 10 heteroatoms. The first-order valence-corrected chi connectivity index (χ1v) is 8.87. The molecule has 0 spiro atoms. The van der Waals surface area contributed by atoms with Gasteiger partial charge in [-0.05, 0) is 36.4 Å². The maximum absolute atomic E-state index is 13.0. The van der Waals surface area contributed by atoms with Gasteiger partial charge < -0.3 is 20.6 Å². The molecule has 1 amide bonds. The minimum atomic E-state index is -0.350. The number of hydrogen-bond donors (Lipinski definition) is 2. The standard InChI is InChI=1S/C17H14FN5O3S/c18-11-3-1-10(2-4-11)16-21-22-17(23(16)19)27-8-15(24)20-12-5-6-13-14(7-12)26-9-25-13/h1-7H,8-9,19H2,(H,20,24). The number of nitrogens with one attached hydrogen (secondary N) is 1. The van der Waals surface area contributed by atoms with Crippen molar-refractivity contribution in [3.05, 3.63) is 48.3 Å². The smallest absolute Gasteiger partial charge is 0.234 e. The van der Waals surface area contributed by atoms with Crippen LogP contribution < -0.4 is 20.6 Å². The lowest BCUT2D eigenvalue weighted by Crippen LogP contribution is -2.16. The van der Waals surface area contributed by atoms with Crippen molar-refractivity contribution in [2.75, 3.05) is 23.7 Å². The van der Waals surface area contributed by atoms with Crippen LogP contribution in [0.25, 0.3) is 11.4 Å². The molecular formula is C17H14FN5O3S. The second-order valence-corrected chi connectivity index (χ2v) is 6.53. The van der Waals surface area contributed by atoms with E-state index in [2.05, 4.69) is 15.5 Å². The van der Waals surface area contributed by atoms with E-state index in [0.717, 1.165) is 11.8 Å². The van der Waals surface area contributed by atoms with E-state index in [4.69, 9.17) is 15.3 Å². The molecule has 3 aromatic rings. The summed E-state index contributed by atoms with van der Waals surface area (Å²) in [5.74, 6) is 7.11. The van der Waals surface area contributed by atoms with Crippen molar-refractivity contribution in [2.45, 2.75) is 5.16 Å². The molecule has 2 heterocycles. The first kappa shape index (κ1) is 17.2. The molecule has 4 rings (SSSR count). The highest BCUT2D eigenvalue weighted by Gasteiger charge is 2.16. The van der Waals surface area contributed by atoms with Gasteiger partial charge in [0.25, 0.3) is 0 Å². The molecule has 138 valence electrons. The van der Waals surface area contributed by atoms with E-state index < -0.39 is 0 Å². The number of carbonyl (C=O) groups excluding carboxylic acids is 1. The van der Waals surface area contributed by atoms with Gasteiger partial charge in [0.05, 0.1) is 5.75 Å². The summed E-state index contributed by atoms with van der Waals surface area (Å²) in [7, 11) is 0. The molecule has 0 atom stereocenters. The Morgan fingerprint density at radius 3 is 2.78 bits per heavy atom. The van der Waals surface area contributed by atoms with Crippen LogP contribution in [0.2, 0.25) is 0 Å². The molecule has 2 aromatic carbocycles. The predicted molar refractivity (Wildman–Crippen MR) is 97.5 cm³/mol. The Kier molecular flexibility index (Phi) is 4.55. The minimum absolute atomic E-state index is 0.0905. The van der Waals surface area contributed by atoms with E-state index >= 15 is 0 Å². The van der Waals surface area contributed by atoms with Gasteiger partial charge in [-0.25, -0.2) is 9.07 Å². The van der Waals surface area contributed by atoms with Crippen LogP contribution in [0.3, 0.4) is 0 Å². The molecule has 0 fully saturated rings. The van der Waals surface area contributed by atoms with E-state index in [-0.39, 0.29) is 24.3 Å². The number of amides is 1. The van der Waals surface area contributed by atoms with E-state index in [1.807, 2.05) is 0 Å². The van der Waals surface area contributed by atoms with Crippen LogP contribution in [0.5, 0.6) is 11.5 Å². The second kappa shape index (κ2) is 7.16. The fraction of sp³-hybridized carbons (Fsp3) is 0.118. The van der Waals surface area contributed by atoms with Crippen molar-refractivity contribution < 1.29 is 18.7 Å². The zero-order chi connectivity index (χ0) is 18.8. The van der Waals surface area contributed by atoms with Crippen molar-refractivity contribution >= 4 is 23.4 Å². The molecule has 0 saturated carbocycles. The summed E-state index contributed by atoms with van der Waals surface area (Å²) >= 11 is 1.14. The normalized spacial score (nSPS) is 12.2. The number of nitrogens with zero attached hydrogens (tertiary/aromatic N) is 3. The Morgan fingerprint density at radius 1 is 1.19 bits per heavy atom. The summed E-state index contributed by atoms with van der Waals surface area (Å²) in [5, 5.41) is 11.1. The quantitative estimate of drug-likeness (QED) is 0.511. The number of nitrogen functional groups attached to an aromatic ring is 1. The summed E-state index contributed by atoms with van der Waals surface area (Å²) in [6, 6.07) is 10.9. The molecule has 0 aliphatic carbocycles. The van der Waals surface area contributed by atoms with Gasteiger partial charge in [-0.3, -0.25) is 4.79 Å². The number of ether oxygens (including phenoxy) is 2. The summed E-state index contributed by atoms with van der Waals surface area (Å²) in [5.41, 5.74) is 1.23. The Balaban J connectivity index is 1.38. The number of halogens is 1. The van der Waals surface area contributed by atoms with Crippen molar-refractivity contribution in [3.8, 4) is 22.9 Å². The Morgan fingerprint density at radius 2 is 1.96 bits per heavy atom. The number of hydrogen-bond acceptors (Lipinski definition) is 7. The number of nitrogens with two attached hydrogens (primary N) is 1. The van der Waals surface area contributed by atoms with Gasteiger partial charge in [-0.15, -0.1) is 10.2 Å². The molecule has 1 aromatic heterocycles. The van der Waals surface area contributed by atoms with Crippen molar-refractivity contribution in [1.82, 2.24) is 14.9 Å². The third-order valence-corrected chi connectivity index (χ3v) is 4.70. The van der Waals surface area contributed by atoms with Gasteiger partial charge in [-0.1, -0.05) is 11.8 Å². The molecule has 1 aliphatic heterocycles. The summed E-state index contributed by atoms with van der Waals surface area (Å²) in [4.78, 5) is 12.2. The Bertz CT molecular complexity index is 993. The first-order chi connectivity index (χ1) is 13.1. The maximum atomic E-state index is 13.0. The SMILES string of the molecule is Nn1c(SCC(=O)Nc2ccc3c(c2)OCO3)nnc1-c1ccc(F)cc1. The van der Waals surface area contributed by atoms with Gasteiger partial charge in [0, 0.05) is 17.3 Å². The highest BCUT2D eigenvalue weighted by atomic mass is 32.2. The van der Waals surface area contributed by atoms with Crippen LogP contribution in [0.4, 0.5) is 10.1 Å². The number of rotatable bonds is 5. The monoisotopic (exact) mass is 387 g/mol. The number of thioether (sulfide) groups is 1. The number of anilines is 1. The van der Waals surface area contributed by atoms with Crippen LogP contribution >= 0.6 is 11.8 Å². The van der Waals surface area contributed by atoms with Gasteiger partial charge >= 0.3 is 0 Å². The van der Waals surface area contributed by atoms with Crippen LogP contribution in [-0.2, 0) is 4.79 Å². The molecule has 0 radical (unpaired) electrons. The molecular weight excluding hydrogens is 373 g/mol. The lowest BCUT2D eigenvalue weighted by atomic mass is 10.2. The molecule has 3 N–H and O–H groups in total. The fourth-order valence-electron chi connectivity index (χ4n) is 2.47. The average molecular weight is 387 g/mol. The highest BCUT2D eigenvalue weighted by molar-refractivity contribution is 7.99. The van der Waals surface area contributed by atoms with Crippen LogP contribution in [0.1, 0.15) is 0 Å². The summed E-state index contributed by atoms with van der Waals surface area (Å²) < 4.78 is 24.8. The molecule has 8 nitrogen and oxygen atoms in total. The van der Waals surface area contributed by atoms with Crippen LogP contribution in [0, 0.1) is 5.82 Å². The summed E-state index contributed by atoms with van der Waals surface area (Å²) in [6.45, 7) is 0.172. The number of benzene rings is 2. The van der Waals surface area contributed by atoms with Crippen molar-refractivity contribution in [2.24, 2.45) is 0 Å². The van der Waals surface area contributed by atoms with E-state index in [9.17, 15) is 9.18 Å². The lowest BCUT2D eigenvalue weighted by Gasteiger charge is -2.06. The Hall–Kier alpha value is -3.27. The average Bonchev–Trinajstić information content (AvgIpc) is 3.27. The zero-order valence-electron chi connectivity index (χ0n) is 13.9. The third kappa shape index (κ3) is 3.65. The number of carbonyl (C=O) groups is 1. The van der Waals surface area contributed by atoms with Crippen LogP contribution in [0.15, 0.2) is 47.6 Å². The van der Waals surface area contributed by atoms with E-state index in [1.54, 1.807) is 30.3 Å². The molecule has 0 saturated heterocycles. The van der Waals surface area contributed by atoms with Crippen LogP contribution in [-0.4, -0.2) is 33.3 Å². The van der Waals surface area contributed by atoms with Crippen molar-refractivity contribution in [3.63, 3.8) is 0 Å². The second-order valence-electron chi connectivity index (χ2n) is 5.59. The van der Waals surface area contributed by atoms with Crippen molar-refractivity contribution in [1.29, 1.82) is 0 Å². The molecule has 0 unspecified atom stereocenters. The topological polar surface area (TPSA) is 104 Å². The maximum Gasteiger partial charge on any atom is 0.234 e. The van der Waals surface area contributed by atoms with E-state index in [0.29, 0.717) is 33.7 Å². The minimum Gasteiger partial charge on any atom is -0.454 e. The molecule has 0 bridgehead atoms. The fourth-order valence-corrected chi connectivity index (χ4v) is 3.13.